The summed E-state index contributed by atoms with van der Waals surface area (Å²) in [7, 11) is 0. The minimum Gasteiger partial charge on any atom is -0.324 e. The number of aromatic nitrogens is 2. The van der Waals surface area contributed by atoms with E-state index in [-0.39, 0.29) is 15.9 Å². The van der Waals surface area contributed by atoms with Crippen molar-refractivity contribution in [2.75, 3.05) is 5.32 Å². The average Bonchev–Trinajstić information content (AvgIpc) is 3.16. The van der Waals surface area contributed by atoms with Crippen LogP contribution in [0.5, 0.6) is 0 Å². The van der Waals surface area contributed by atoms with Crippen LogP contribution in [0.25, 0.3) is 15.9 Å². The molecule has 0 fully saturated rings. The molecule has 0 saturated carbocycles. The number of nitrogens with one attached hydrogen (secondary N) is 1. The second kappa shape index (κ2) is 7.96. The Bertz CT molecular complexity index is 1390. The largest absolute Gasteiger partial charge is 0.336 e. The maximum atomic E-state index is 13.7. The number of hydrogen-bond donors (Lipinski definition) is 1. The first-order valence-corrected chi connectivity index (χ1v) is 10.3. The molecule has 10 heteroatoms. The van der Waals surface area contributed by atoms with Crippen LogP contribution in [0.1, 0.15) is 0 Å². The lowest BCUT2D eigenvalue weighted by Gasteiger charge is -2.13. The number of fused-ring (bicyclic) bond motifs is 1. The Morgan fingerprint density at radius 2 is 1.77 bits per heavy atom. The predicted octanol–water partition coefficient (Wildman–Crippen LogP) is 3.89. The van der Waals surface area contributed by atoms with Crippen LogP contribution in [0.2, 0.25) is 0 Å². The van der Waals surface area contributed by atoms with Crippen LogP contribution in [0.3, 0.4) is 0 Å². The summed E-state index contributed by atoms with van der Waals surface area (Å²) in [6, 6.07) is 10.9. The number of nitrogens with zero attached hydrogens (tertiary/aromatic N) is 2. The van der Waals surface area contributed by atoms with E-state index in [9.17, 15) is 23.2 Å². The third-order valence-corrected chi connectivity index (χ3v) is 5.89. The van der Waals surface area contributed by atoms with Crippen LogP contribution in [0.15, 0.2) is 68.0 Å². The Balaban J connectivity index is 1.83. The quantitative estimate of drug-likeness (QED) is 0.470. The number of carbonyl (C=O) groups excluding carboxylic acids is 1. The lowest BCUT2D eigenvalue weighted by molar-refractivity contribution is -0.116. The monoisotopic (exact) mass is 491 g/mol. The predicted molar refractivity (Wildman–Crippen MR) is 114 cm³/mol. The minimum absolute atomic E-state index is 0.188. The van der Waals surface area contributed by atoms with Crippen molar-refractivity contribution >= 4 is 49.1 Å². The van der Waals surface area contributed by atoms with Gasteiger partial charge in [-0.05, 0) is 51.6 Å². The van der Waals surface area contributed by atoms with Crippen molar-refractivity contribution in [1.29, 1.82) is 0 Å². The molecule has 1 N–H and O–H groups in total. The molecule has 2 heterocycles. The molecule has 6 nitrogen and oxygen atoms in total. The van der Waals surface area contributed by atoms with E-state index in [1.807, 2.05) is 0 Å². The van der Waals surface area contributed by atoms with Crippen LogP contribution in [-0.4, -0.2) is 15.0 Å². The molecule has 0 spiro atoms. The van der Waals surface area contributed by atoms with Gasteiger partial charge in [-0.25, -0.2) is 18.1 Å². The number of anilines is 1. The maximum absolute atomic E-state index is 13.7. The van der Waals surface area contributed by atoms with Crippen molar-refractivity contribution < 1.29 is 13.6 Å². The van der Waals surface area contributed by atoms with Crippen molar-refractivity contribution in [1.82, 2.24) is 9.13 Å². The summed E-state index contributed by atoms with van der Waals surface area (Å²) < 4.78 is 30.0. The molecular weight excluding hydrogens is 480 g/mol. The number of para-hydroxylation sites is 1. The summed E-state index contributed by atoms with van der Waals surface area (Å²) in [6.45, 7) is -0.397. The normalized spacial score (nSPS) is 11.0. The number of amides is 1. The summed E-state index contributed by atoms with van der Waals surface area (Å²) in [4.78, 5) is 38.5. The summed E-state index contributed by atoms with van der Waals surface area (Å²) in [5.74, 6) is -2.37. The van der Waals surface area contributed by atoms with E-state index >= 15 is 0 Å². The molecule has 0 saturated heterocycles. The number of carbonyl (C=O) groups is 1. The Labute approximate surface area is 180 Å². The Hall–Kier alpha value is -3.11. The minimum atomic E-state index is -0.930. The molecule has 2 aromatic carbocycles. The van der Waals surface area contributed by atoms with E-state index in [0.29, 0.717) is 20.8 Å². The van der Waals surface area contributed by atoms with E-state index in [4.69, 9.17) is 0 Å². The number of benzene rings is 2. The first-order valence-electron chi connectivity index (χ1n) is 8.59. The van der Waals surface area contributed by atoms with Gasteiger partial charge < -0.3 is 5.32 Å². The van der Waals surface area contributed by atoms with E-state index < -0.39 is 35.3 Å². The maximum Gasteiger partial charge on any atom is 0.336 e. The first-order chi connectivity index (χ1) is 14.3. The molecule has 0 aliphatic heterocycles. The fourth-order valence-electron chi connectivity index (χ4n) is 3.03. The number of halogens is 3. The summed E-state index contributed by atoms with van der Waals surface area (Å²) in [6.07, 6.45) is 0. The van der Waals surface area contributed by atoms with E-state index in [1.54, 1.807) is 35.7 Å². The third kappa shape index (κ3) is 3.71. The zero-order chi connectivity index (χ0) is 21.4. The second-order valence-corrected chi connectivity index (χ2v) is 8.07. The highest BCUT2D eigenvalue weighted by Gasteiger charge is 2.18. The lowest BCUT2D eigenvalue weighted by Crippen LogP contribution is -2.40. The third-order valence-electron chi connectivity index (χ3n) is 4.31. The summed E-state index contributed by atoms with van der Waals surface area (Å²) >= 11 is 4.39. The Morgan fingerprint density at radius 1 is 1.07 bits per heavy atom. The van der Waals surface area contributed by atoms with Crippen molar-refractivity contribution in [2.45, 2.75) is 6.54 Å². The molecule has 0 unspecified atom stereocenters. The Kier molecular flexibility index (Phi) is 5.35. The highest BCUT2D eigenvalue weighted by molar-refractivity contribution is 9.10. The van der Waals surface area contributed by atoms with Crippen LogP contribution in [-0.2, 0) is 11.3 Å². The molecule has 30 heavy (non-hydrogen) atoms. The van der Waals surface area contributed by atoms with Crippen molar-refractivity contribution in [2.24, 2.45) is 0 Å². The fourth-order valence-corrected chi connectivity index (χ4v) is 4.24. The van der Waals surface area contributed by atoms with Crippen LogP contribution < -0.4 is 16.6 Å². The smallest absolute Gasteiger partial charge is 0.324 e. The van der Waals surface area contributed by atoms with Gasteiger partial charge in [0.1, 0.15) is 22.9 Å². The first kappa shape index (κ1) is 20.2. The van der Waals surface area contributed by atoms with E-state index in [1.165, 1.54) is 0 Å². The average molecular weight is 492 g/mol. The van der Waals surface area contributed by atoms with Gasteiger partial charge in [-0.3, -0.25) is 14.2 Å². The van der Waals surface area contributed by atoms with Gasteiger partial charge in [0.25, 0.3) is 5.56 Å². The van der Waals surface area contributed by atoms with Crippen LogP contribution in [0, 0.1) is 11.6 Å². The molecule has 0 aliphatic carbocycles. The van der Waals surface area contributed by atoms with Gasteiger partial charge in [-0.2, -0.15) is 0 Å². The molecule has 152 valence electrons. The molecule has 4 rings (SSSR count). The van der Waals surface area contributed by atoms with Crippen molar-refractivity contribution in [3.8, 4) is 5.69 Å². The number of hydrogen-bond acceptors (Lipinski definition) is 4. The van der Waals surface area contributed by atoms with Gasteiger partial charge in [0.05, 0.1) is 16.9 Å². The van der Waals surface area contributed by atoms with E-state index in [0.717, 1.165) is 28.0 Å². The van der Waals surface area contributed by atoms with Gasteiger partial charge in [-0.15, -0.1) is 11.3 Å². The zero-order valence-electron chi connectivity index (χ0n) is 15.1. The van der Waals surface area contributed by atoms with Gasteiger partial charge in [0.2, 0.25) is 5.91 Å². The molecule has 2 aromatic heterocycles. The topological polar surface area (TPSA) is 73.1 Å². The summed E-state index contributed by atoms with van der Waals surface area (Å²) in [5, 5.41) is 4.29. The molecule has 0 radical (unpaired) electrons. The number of rotatable bonds is 4. The van der Waals surface area contributed by atoms with Crippen molar-refractivity contribution in [3.63, 3.8) is 0 Å². The highest BCUT2D eigenvalue weighted by atomic mass is 79.9. The van der Waals surface area contributed by atoms with E-state index in [2.05, 4.69) is 21.2 Å². The molecule has 4 aromatic rings. The zero-order valence-corrected chi connectivity index (χ0v) is 17.5. The molecular formula is C20H12BrF2N3O3S. The van der Waals surface area contributed by atoms with Crippen molar-refractivity contribution in [3.05, 3.63) is 90.9 Å². The standard InChI is InChI=1S/C20H12BrF2N3O3S/c21-14-3-1-2-4-15(14)24-17(27)10-25-16-5-6-30-18(16)19(28)26(20(25)29)13-8-11(22)7-12(23)9-13/h1-9H,10H2,(H,24,27). The van der Waals surface area contributed by atoms with Gasteiger partial charge in [0, 0.05) is 10.5 Å². The lowest BCUT2D eigenvalue weighted by atomic mass is 10.3. The van der Waals surface area contributed by atoms with Gasteiger partial charge in [0.15, 0.2) is 0 Å². The summed E-state index contributed by atoms with van der Waals surface area (Å²) in [5.41, 5.74) is -1.06. The molecule has 0 aliphatic rings. The second-order valence-electron chi connectivity index (χ2n) is 6.30. The SMILES string of the molecule is O=C(Cn1c(=O)n(-c2cc(F)cc(F)c2)c(=O)c2sccc21)Nc1ccccc1Br. The molecule has 1 amide bonds. The highest BCUT2D eigenvalue weighted by Crippen LogP contribution is 2.22. The van der Waals surface area contributed by atoms with Crippen LogP contribution in [0.4, 0.5) is 14.5 Å². The van der Waals surface area contributed by atoms with Crippen LogP contribution >= 0.6 is 27.3 Å². The van der Waals surface area contributed by atoms with Gasteiger partial charge >= 0.3 is 5.69 Å². The van der Waals surface area contributed by atoms with Gasteiger partial charge in [-0.1, -0.05) is 12.1 Å². The molecule has 0 bridgehead atoms. The Morgan fingerprint density at radius 3 is 2.47 bits per heavy atom. The number of thiophene rings is 1. The fraction of sp³-hybridized carbons (Fsp3) is 0.0500. The molecule has 0 atom stereocenters.